The zero-order valence-electron chi connectivity index (χ0n) is 19.4. The van der Waals surface area contributed by atoms with E-state index in [4.69, 9.17) is 9.72 Å². The molecule has 0 unspecified atom stereocenters. The van der Waals surface area contributed by atoms with E-state index < -0.39 is 23.0 Å². The van der Waals surface area contributed by atoms with Gasteiger partial charge >= 0.3 is 5.97 Å². The number of hydrogen-bond acceptors (Lipinski definition) is 7. The fraction of sp³-hybridized carbons (Fsp3) is 0.500. The summed E-state index contributed by atoms with van der Waals surface area (Å²) in [5, 5.41) is 15.8. The lowest BCUT2D eigenvalue weighted by Gasteiger charge is -2.35. The molecule has 1 aliphatic carbocycles. The zero-order valence-corrected chi connectivity index (χ0v) is 19.4. The number of hydrogen-bond donors (Lipinski definition) is 3. The quantitative estimate of drug-likeness (QED) is 0.462. The second-order valence-corrected chi connectivity index (χ2v) is 9.56. The molecule has 0 atom stereocenters. The highest BCUT2D eigenvalue weighted by Gasteiger charge is 2.39. The summed E-state index contributed by atoms with van der Waals surface area (Å²) in [5.74, 6) is -1.60. The van der Waals surface area contributed by atoms with Crippen molar-refractivity contribution < 1.29 is 23.4 Å². The number of nitrogens with zero attached hydrogens (tertiary/aromatic N) is 4. The third-order valence-corrected chi connectivity index (χ3v) is 7.13. The maximum absolute atomic E-state index is 14.4. The number of carboxylic acids is 1. The van der Waals surface area contributed by atoms with Crippen LogP contribution in [0, 0.1) is 17.0 Å². The van der Waals surface area contributed by atoms with E-state index in [1.807, 2.05) is 4.57 Å². The van der Waals surface area contributed by atoms with Crippen molar-refractivity contribution in [3.63, 3.8) is 0 Å². The Morgan fingerprint density at radius 2 is 1.83 bits per heavy atom. The average molecular weight is 487 g/mol. The van der Waals surface area contributed by atoms with Crippen LogP contribution in [0.3, 0.4) is 0 Å². The van der Waals surface area contributed by atoms with E-state index in [1.54, 1.807) is 13.1 Å². The highest BCUT2D eigenvalue weighted by atomic mass is 19.1. The molecule has 3 N–H and O–H groups in total. The molecule has 1 saturated heterocycles. The van der Waals surface area contributed by atoms with Gasteiger partial charge in [0.2, 0.25) is 11.9 Å². The Hall–Kier alpha value is -3.34. The normalized spacial score (nSPS) is 23.3. The van der Waals surface area contributed by atoms with E-state index in [0.29, 0.717) is 56.0 Å². The Bertz CT molecular complexity index is 1220. The molecule has 0 bridgehead atoms. The van der Waals surface area contributed by atoms with Crippen LogP contribution in [0.5, 0.6) is 0 Å². The first-order chi connectivity index (χ1) is 16.8. The number of nitrogens with one attached hydrogen (secondary N) is 2. The summed E-state index contributed by atoms with van der Waals surface area (Å²) in [6.45, 7) is 3.10. The first-order valence-electron chi connectivity index (χ1n) is 11.9. The highest BCUT2D eigenvalue weighted by Crippen LogP contribution is 2.43. The van der Waals surface area contributed by atoms with Crippen LogP contribution in [0.2, 0.25) is 0 Å². The summed E-state index contributed by atoms with van der Waals surface area (Å²) in [6.07, 6.45) is 5.35. The minimum atomic E-state index is -0.816. The largest absolute Gasteiger partial charge is 0.481 e. The molecule has 0 spiro atoms. The molecule has 35 heavy (non-hydrogen) atoms. The number of rotatable bonds is 6. The Morgan fingerprint density at radius 1 is 1.14 bits per heavy atom. The van der Waals surface area contributed by atoms with E-state index in [-0.39, 0.29) is 23.7 Å². The molecule has 0 amide bonds. The summed E-state index contributed by atoms with van der Waals surface area (Å²) in [6, 6.07) is 3.69. The molecule has 5 rings (SSSR count). The first kappa shape index (κ1) is 23.4. The van der Waals surface area contributed by atoms with Crippen LogP contribution in [0.4, 0.5) is 26.4 Å². The SMILES string of the molecule is C[C@]1(C(=O)O)CC[C@H](n2c(Nc3c(F)cccc3F)nc3cnc(NC4CCOCC4)nc32)CC1. The summed E-state index contributed by atoms with van der Waals surface area (Å²) in [5.41, 5.74) is -0.0992. The van der Waals surface area contributed by atoms with Gasteiger partial charge in [-0.1, -0.05) is 6.07 Å². The second-order valence-electron chi connectivity index (χ2n) is 9.56. The maximum atomic E-state index is 14.4. The van der Waals surface area contributed by atoms with Gasteiger partial charge in [0.25, 0.3) is 0 Å². The summed E-state index contributed by atoms with van der Waals surface area (Å²) in [7, 11) is 0. The van der Waals surface area contributed by atoms with E-state index in [1.165, 1.54) is 18.2 Å². The minimum absolute atomic E-state index is 0.143. The molecule has 3 heterocycles. The highest BCUT2D eigenvalue weighted by molar-refractivity contribution is 5.77. The number of anilines is 3. The summed E-state index contributed by atoms with van der Waals surface area (Å²) < 4.78 is 36.1. The Kier molecular flexibility index (Phi) is 6.26. The first-order valence-corrected chi connectivity index (χ1v) is 11.9. The zero-order chi connectivity index (χ0) is 24.6. The fourth-order valence-electron chi connectivity index (χ4n) is 4.86. The predicted molar refractivity (Wildman–Crippen MR) is 126 cm³/mol. The monoisotopic (exact) mass is 486 g/mol. The van der Waals surface area contributed by atoms with Crippen molar-refractivity contribution in [2.45, 2.75) is 57.5 Å². The number of imidazole rings is 1. The topological polar surface area (TPSA) is 114 Å². The Morgan fingerprint density at radius 3 is 2.49 bits per heavy atom. The van der Waals surface area contributed by atoms with Gasteiger partial charge in [0.1, 0.15) is 22.8 Å². The molecule has 1 aliphatic heterocycles. The number of aromatic nitrogens is 4. The number of carboxylic acid groups (broad SMARTS) is 1. The van der Waals surface area contributed by atoms with Crippen LogP contribution >= 0.6 is 0 Å². The molecule has 0 radical (unpaired) electrons. The van der Waals surface area contributed by atoms with Crippen LogP contribution in [-0.4, -0.2) is 49.9 Å². The van der Waals surface area contributed by atoms with Gasteiger partial charge in [-0.15, -0.1) is 0 Å². The van der Waals surface area contributed by atoms with E-state index >= 15 is 0 Å². The van der Waals surface area contributed by atoms with Crippen LogP contribution in [0.1, 0.15) is 51.5 Å². The molecular weight excluding hydrogens is 458 g/mol. The van der Waals surface area contributed by atoms with Crippen molar-refractivity contribution in [3.8, 4) is 0 Å². The fourth-order valence-corrected chi connectivity index (χ4v) is 4.86. The van der Waals surface area contributed by atoms with E-state index in [0.717, 1.165) is 12.8 Å². The Labute approximate surface area is 200 Å². The lowest BCUT2D eigenvalue weighted by molar-refractivity contribution is -0.150. The molecule has 11 heteroatoms. The van der Waals surface area contributed by atoms with Crippen LogP contribution in [0.25, 0.3) is 11.2 Å². The van der Waals surface area contributed by atoms with Crippen LogP contribution in [0.15, 0.2) is 24.4 Å². The van der Waals surface area contributed by atoms with Gasteiger partial charge in [0.05, 0.1) is 11.6 Å². The molecule has 9 nitrogen and oxygen atoms in total. The average Bonchev–Trinajstić information content (AvgIpc) is 3.20. The molecule has 3 aromatic rings. The van der Waals surface area contributed by atoms with Gasteiger partial charge in [-0.05, 0) is 57.6 Å². The van der Waals surface area contributed by atoms with Gasteiger partial charge in [-0.3, -0.25) is 9.36 Å². The molecule has 186 valence electrons. The molecule has 1 saturated carbocycles. The van der Waals surface area contributed by atoms with Crippen molar-refractivity contribution in [2.24, 2.45) is 5.41 Å². The molecular formula is C24H28F2N6O3. The number of aliphatic carboxylic acids is 1. The number of fused-ring (bicyclic) bond motifs is 1. The lowest BCUT2D eigenvalue weighted by Crippen LogP contribution is -2.33. The van der Waals surface area contributed by atoms with Crippen molar-refractivity contribution in [1.82, 2.24) is 19.5 Å². The summed E-state index contributed by atoms with van der Waals surface area (Å²) >= 11 is 0. The third-order valence-electron chi connectivity index (χ3n) is 7.13. The van der Waals surface area contributed by atoms with E-state index in [2.05, 4.69) is 20.6 Å². The number of carbonyl (C=O) groups is 1. The van der Waals surface area contributed by atoms with Crippen LogP contribution in [-0.2, 0) is 9.53 Å². The van der Waals surface area contributed by atoms with Crippen molar-refractivity contribution >= 4 is 34.7 Å². The number of para-hydroxylation sites is 1. The standard InChI is InChI=1S/C24H28F2N6O3/c1-24(21(33)34)9-5-15(6-10-24)32-20-18(13-27-22(31-20)28-14-7-11-35-12-8-14)29-23(32)30-19-16(25)3-2-4-17(19)26/h2-4,13-15H,5-12H2,1H3,(H,29,30)(H,33,34)(H,27,28,31)/t15-,24-. The molecule has 2 aliphatic rings. The molecule has 1 aromatic carbocycles. The van der Waals surface area contributed by atoms with Crippen molar-refractivity contribution in [3.05, 3.63) is 36.0 Å². The van der Waals surface area contributed by atoms with Crippen LogP contribution < -0.4 is 10.6 Å². The van der Waals surface area contributed by atoms with Gasteiger partial charge in [-0.2, -0.15) is 4.98 Å². The van der Waals surface area contributed by atoms with Gasteiger partial charge in [0.15, 0.2) is 5.65 Å². The number of halogens is 2. The maximum Gasteiger partial charge on any atom is 0.309 e. The van der Waals surface area contributed by atoms with Crippen molar-refractivity contribution in [2.75, 3.05) is 23.8 Å². The van der Waals surface area contributed by atoms with Gasteiger partial charge in [0, 0.05) is 25.3 Å². The number of ether oxygens (including phenoxy) is 1. The van der Waals surface area contributed by atoms with E-state index in [9.17, 15) is 18.7 Å². The third kappa shape index (κ3) is 4.64. The molecule has 2 aromatic heterocycles. The predicted octanol–water partition coefficient (Wildman–Crippen LogP) is 4.65. The molecule has 2 fully saturated rings. The Balaban J connectivity index is 1.53. The van der Waals surface area contributed by atoms with Crippen molar-refractivity contribution in [1.29, 1.82) is 0 Å². The lowest BCUT2D eigenvalue weighted by atomic mass is 9.74. The minimum Gasteiger partial charge on any atom is -0.481 e. The van der Waals surface area contributed by atoms with Gasteiger partial charge in [-0.25, -0.2) is 18.7 Å². The summed E-state index contributed by atoms with van der Waals surface area (Å²) in [4.78, 5) is 25.4. The smallest absolute Gasteiger partial charge is 0.309 e. The second kappa shape index (κ2) is 9.37. The number of benzene rings is 1. The van der Waals surface area contributed by atoms with Gasteiger partial charge < -0.3 is 20.5 Å².